The number of nitrogens with one attached hydrogen (secondary N) is 2. The number of aromatic nitrogens is 2. The molecule has 0 fully saturated rings. The molecule has 2 N–H and O–H groups in total. The van der Waals surface area contributed by atoms with E-state index in [-0.39, 0.29) is 17.9 Å². The summed E-state index contributed by atoms with van der Waals surface area (Å²) >= 11 is 0. The lowest BCUT2D eigenvalue weighted by molar-refractivity contribution is 0.159. The third kappa shape index (κ3) is 4.96. The van der Waals surface area contributed by atoms with Crippen LogP contribution in [-0.4, -0.2) is 41.3 Å². The van der Waals surface area contributed by atoms with Gasteiger partial charge in [0, 0.05) is 25.0 Å². The largest absolute Gasteiger partial charge is 0.491 e. The molecule has 172 valence electrons. The summed E-state index contributed by atoms with van der Waals surface area (Å²) in [5, 5.41) is 9.24. The predicted octanol–water partition coefficient (Wildman–Crippen LogP) is 4.82. The van der Waals surface area contributed by atoms with Crippen molar-refractivity contribution in [3.8, 4) is 5.75 Å². The number of carbonyl (C=O) groups excluding carboxylic acids is 1. The highest BCUT2D eigenvalue weighted by Gasteiger charge is 2.30. The third-order valence-corrected chi connectivity index (χ3v) is 4.88. The standard InChI is InChI=1S/C23H25FN6O3/c1-14(2)33-18-8-5-16(6-9-18)27-22-25-12-19(24)21(28-22)26-17-7-10-20-15(11-17)13-29(3)30(20)23(31)32-4/h5-12,14H,13H2,1-4H3,(H2,25,26,27,28). The van der Waals surface area contributed by atoms with Gasteiger partial charge < -0.3 is 20.1 Å². The Bertz CT molecular complexity index is 1160. The summed E-state index contributed by atoms with van der Waals surface area (Å²) < 4.78 is 24.9. The second-order valence-corrected chi connectivity index (χ2v) is 7.77. The van der Waals surface area contributed by atoms with Gasteiger partial charge in [-0.3, -0.25) is 0 Å². The number of rotatable bonds is 6. The molecule has 1 aromatic heterocycles. The number of benzene rings is 2. The molecule has 2 aromatic carbocycles. The molecule has 10 heteroatoms. The fourth-order valence-electron chi connectivity index (χ4n) is 3.49. The average Bonchev–Trinajstić information content (AvgIpc) is 3.11. The monoisotopic (exact) mass is 452 g/mol. The van der Waals surface area contributed by atoms with E-state index < -0.39 is 11.9 Å². The van der Waals surface area contributed by atoms with E-state index in [0.29, 0.717) is 17.9 Å². The molecule has 0 unspecified atom stereocenters. The lowest BCUT2D eigenvalue weighted by Crippen LogP contribution is -2.39. The number of halogens is 1. The van der Waals surface area contributed by atoms with Crippen LogP contribution in [0.1, 0.15) is 19.4 Å². The summed E-state index contributed by atoms with van der Waals surface area (Å²) in [7, 11) is 3.12. The quantitative estimate of drug-likeness (QED) is 0.550. The second kappa shape index (κ2) is 9.29. The molecule has 0 saturated carbocycles. The van der Waals surface area contributed by atoms with Crippen molar-refractivity contribution in [2.45, 2.75) is 26.5 Å². The highest BCUT2D eigenvalue weighted by Crippen LogP contribution is 2.34. The Morgan fingerprint density at radius 2 is 1.85 bits per heavy atom. The Labute approximate surface area is 191 Å². The first kappa shape index (κ1) is 22.3. The number of anilines is 5. The van der Waals surface area contributed by atoms with Crippen LogP contribution in [0.5, 0.6) is 5.75 Å². The number of amides is 1. The molecule has 9 nitrogen and oxygen atoms in total. The van der Waals surface area contributed by atoms with Gasteiger partial charge in [0.1, 0.15) is 5.75 Å². The van der Waals surface area contributed by atoms with Crippen molar-refractivity contribution in [2.75, 3.05) is 29.8 Å². The molecular weight excluding hydrogens is 427 g/mol. The molecule has 0 saturated heterocycles. The van der Waals surface area contributed by atoms with E-state index in [9.17, 15) is 9.18 Å². The molecule has 0 bridgehead atoms. The minimum Gasteiger partial charge on any atom is -0.491 e. The number of carbonyl (C=O) groups is 1. The van der Waals surface area contributed by atoms with Crippen LogP contribution in [0.3, 0.4) is 0 Å². The topological polar surface area (TPSA) is 91.8 Å². The van der Waals surface area contributed by atoms with E-state index in [2.05, 4.69) is 20.6 Å². The first-order valence-corrected chi connectivity index (χ1v) is 10.4. The molecule has 2 heterocycles. The molecule has 33 heavy (non-hydrogen) atoms. The Morgan fingerprint density at radius 3 is 2.55 bits per heavy atom. The minimum atomic E-state index is -0.588. The summed E-state index contributed by atoms with van der Waals surface area (Å²) in [5.74, 6) is 0.443. The summed E-state index contributed by atoms with van der Waals surface area (Å²) in [5.41, 5.74) is 2.98. The van der Waals surface area contributed by atoms with Gasteiger partial charge in [0.2, 0.25) is 5.95 Å². The molecule has 1 aliphatic heterocycles. The molecule has 0 atom stereocenters. The number of methoxy groups -OCH3 is 1. The summed E-state index contributed by atoms with van der Waals surface area (Å²) in [6.07, 6.45) is 0.716. The maximum atomic E-state index is 14.4. The zero-order chi connectivity index (χ0) is 23.5. The molecule has 0 radical (unpaired) electrons. The van der Waals surface area contributed by atoms with Gasteiger partial charge in [0.15, 0.2) is 11.6 Å². The SMILES string of the molecule is COC(=O)N1c2ccc(Nc3nc(Nc4ccc(OC(C)C)cc4)ncc3F)cc2CN1C. The zero-order valence-electron chi connectivity index (χ0n) is 18.8. The van der Waals surface area contributed by atoms with Crippen LogP contribution in [0.4, 0.5) is 38.0 Å². The van der Waals surface area contributed by atoms with Gasteiger partial charge in [-0.25, -0.2) is 24.2 Å². The summed E-state index contributed by atoms with van der Waals surface area (Å²) in [4.78, 5) is 20.3. The van der Waals surface area contributed by atoms with Crippen molar-refractivity contribution in [3.05, 3.63) is 60.0 Å². The fourth-order valence-corrected chi connectivity index (χ4v) is 3.49. The average molecular weight is 452 g/mol. The van der Waals surface area contributed by atoms with Crippen LogP contribution in [0.2, 0.25) is 0 Å². The number of hydrazine groups is 1. The van der Waals surface area contributed by atoms with Gasteiger partial charge in [0.25, 0.3) is 0 Å². The molecule has 0 aliphatic carbocycles. The first-order chi connectivity index (χ1) is 15.8. The Kier molecular flexibility index (Phi) is 6.27. The number of fused-ring (bicyclic) bond motifs is 1. The van der Waals surface area contributed by atoms with Crippen LogP contribution < -0.4 is 20.4 Å². The van der Waals surface area contributed by atoms with Crippen LogP contribution in [0.25, 0.3) is 0 Å². The van der Waals surface area contributed by atoms with E-state index in [4.69, 9.17) is 9.47 Å². The number of hydrogen-bond acceptors (Lipinski definition) is 8. The van der Waals surface area contributed by atoms with Crippen molar-refractivity contribution < 1.29 is 18.7 Å². The number of hydrogen-bond donors (Lipinski definition) is 2. The van der Waals surface area contributed by atoms with Crippen LogP contribution in [-0.2, 0) is 11.3 Å². The predicted molar refractivity (Wildman–Crippen MR) is 124 cm³/mol. The summed E-state index contributed by atoms with van der Waals surface area (Å²) in [6, 6.07) is 12.7. The maximum Gasteiger partial charge on any atom is 0.428 e. The molecule has 1 amide bonds. The van der Waals surface area contributed by atoms with Gasteiger partial charge >= 0.3 is 6.09 Å². The van der Waals surface area contributed by atoms with Crippen molar-refractivity contribution in [2.24, 2.45) is 0 Å². The van der Waals surface area contributed by atoms with Crippen LogP contribution in [0.15, 0.2) is 48.7 Å². The highest BCUT2D eigenvalue weighted by molar-refractivity contribution is 5.89. The van der Waals surface area contributed by atoms with Gasteiger partial charge in [-0.1, -0.05) is 0 Å². The van der Waals surface area contributed by atoms with Gasteiger partial charge in [-0.2, -0.15) is 4.98 Å². The minimum absolute atomic E-state index is 0.0309. The van der Waals surface area contributed by atoms with Crippen molar-refractivity contribution in [1.82, 2.24) is 15.0 Å². The zero-order valence-corrected chi connectivity index (χ0v) is 18.8. The molecule has 1 aliphatic rings. The molecule has 0 spiro atoms. The lowest BCUT2D eigenvalue weighted by atomic mass is 10.1. The maximum absolute atomic E-state index is 14.4. The van der Waals surface area contributed by atoms with E-state index in [1.54, 1.807) is 24.2 Å². The van der Waals surface area contributed by atoms with Crippen molar-refractivity contribution in [3.63, 3.8) is 0 Å². The fraction of sp³-hybridized carbons (Fsp3) is 0.261. The summed E-state index contributed by atoms with van der Waals surface area (Å²) in [6.45, 7) is 4.43. The van der Waals surface area contributed by atoms with E-state index in [1.807, 2.05) is 44.2 Å². The van der Waals surface area contributed by atoms with Crippen LogP contribution >= 0.6 is 0 Å². The number of ether oxygens (including phenoxy) is 2. The Hall–Kier alpha value is -3.92. The van der Waals surface area contributed by atoms with E-state index in [1.165, 1.54) is 12.1 Å². The lowest BCUT2D eigenvalue weighted by Gasteiger charge is -2.22. The van der Waals surface area contributed by atoms with Gasteiger partial charge in [-0.05, 0) is 61.9 Å². The molecule has 4 rings (SSSR count). The highest BCUT2D eigenvalue weighted by atomic mass is 19.1. The first-order valence-electron chi connectivity index (χ1n) is 10.4. The van der Waals surface area contributed by atoms with Crippen molar-refractivity contribution >= 4 is 34.9 Å². The normalized spacial score (nSPS) is 13.1. The smallest absolute Gasteiger partial charge is 0.428 e. The van der Waals surface area contributed by atoms with E-state index in [0.717, 1.165) is 23.2 Å². The third-order valence-electron chi connectivity index (χ3n) is 4.88. The van der Waals surface area contributed by atoms with Gasteiger partial charge in [0.05, 0.1) is 25.1 Å². The second-order valence-electron chi connectivity index (χ2n) is 7.77. The number of nitrogens with zero attached hydrogens (tertiary/aromatic N) is 4. The Morgan fingerprint density at radius 1 is 1.12 bits per heavy atom. The molecular formula is C23H25FN6O3. The Balaban J connectivity index is 1.50. The van der Waals surface area contributed by atoms with Crippen molar-refractivity contribution in [1.29, 1.82) is 0 Å². The molecule has 3 aromatic rings. The van der Waals surface area contributed by atoms with Crippen LogP contribution in [0, 0.1) is 5.82 Å². The van der Waals surface area contributed by atoms with Gasteiger partial charge in [-0.15, -0.1) is 0 Å². The van der Waals surface area contributed by atoms with E-state index >= 15 is 0 Å².